The Hall–Kier alpha value is -2.81. The second-order valence-corrected chi connectivity index (χ2v) is 6.01. The second-order valence-electron chi connectivity index (χ2n) is 6.01. The lowest BCUT2D eigenvalue weighted by molar-refractivity contribution is -0.112. The summed E-state index contributed by atoms with van der Waals surface area (Å²) in [7, 11) is 3.29. The number of ketones is 1. The molecule has 1 aliphatic rings. The van der Waals surface area contributed by atoms with Crippen LogP contribution in [0.5, 0.6) is 11.5 Å². The molecule has 0 heterocycles. The van der Waals surface area contributed by atoms with Crippen molar-refractivity contribution < 1.29 is 14.3 Å². The van der Waals surface area contributed by atoms with E-state index in [4.69, 9.17) is 9.47 Å². The van der Waals surface area contributed by atoms with Crippen LogP contribution in [-0.4, -0.2) is 20.0 Å². The highest BCUT2D eigenvalue weighted by molar-refractivity contribution is 6.14. The Balaban J connectivity index is 1.93. The van der Waals surface area contributed by atoms with Crippen LogP contribution in [0.2, 0.25) is 0 Å². The van der Waals surface area contributed by atoms with E-state index < -0.39 is 0 Å². The Morgan fingerprint density at radius 3 is 1.64 bits per heavy atom. The molecule has 0 aliphatic heterocycles. The predicted molar refractivity (Wildman–Crippen MR) is 101 cm³/mol. The molecule has 3 rings (SSSR count). The van der Waals surface area contributed by atoms with E-state index in [1.165, 1.54) is 0 Å². The van der Waals surface area contributed by atoms with Crippen molar-refractivity contribution in [1.29, 1.82) is 0 Å². The number of allylic oxidation sites excluding steroid dienone is 2. The highest BCUT2D eigenvalue weighted by Crippen LogP contribution is 2.31. The molecule has 0 amide bonds. The smallest absolute Gasteiger partial charge is 0.185 e. The van der Waals surface area contributed by atoms with E-state index in [9.17, 15) is 4.79 Å². The van der Waals surface area contributed by atoms with Crippen LogP contribution in [0.15, 0.2) is 59.7 Å². The van der Waals surface area contributed by atoms with E-state index in [0.29, 0.717) is 0 Å². The maximum Gasteiger partial charge on any atom is 0.185 e. The first-order valence-electron chi connectivity index (χ1n) is 8.45. The summed E-state index contributed by atoms with van der Waals surface area (Å²) in [5.41, 5.74) is 3.53. The first-order chi connectivity index (χ1) is 12.2. The molecule has 3 heteroatoms. The number of rotatable bonds is 4. The third-order valence-corrected chi connectivity index (χ3v) is 4.41. The van der Waals surface area contributed by atoms with Crippen molar-refractivity contribution in [2.45, 2.75) is 19.3 Å². The van der Waals surface area contributed by atoms with Crippen molar-refractivity contribution in [2.24, 2.45) is 0 Å². The summed E-state index contributed by atoms with van der Waals surface area (Å²) in [5.74, 6) is 1.68. The fourth-order valence-electron chi connectivity index (χ4n) is 3.12. The largest absolute Gasteiger partial charge is 0.496 e. The molecule has 0 aromatic heterocycles. The molecule has 2 aromatic rings. The van der Waals surface area contributed by atoms with Gasteiger partial charge in [0.2, 0.25) is 0 Å². The van der Waals surface area contributed by atoms with Gasteiger partial charge in [-0.05, 0) is 43.5 Å². The van der Waals surface area contributed by atoms with Crippen LogP contribution in [0.4, 0.5) is 0 Å². The Morgan fingerprint density at radius 2 is 1.20 bits per heavy atom. The van der Waals surface area contributed by atoms with Crippen LogP contribution in [0.1, 0.15) is 30.4 Å². The Labute approximate surface area is 148 Å². The first-order valence-corrected chi connectivity index (χ1v) is 8.45. The summed E-state index contributed by atoms with van der Waals surface area (Å²) in [6.07, 6.45) is 6.46. The predicted octanol–water partition coefficient (Wildman–Crippen LogP) is 4.92. The average Bonchev–Trinajstić information content (AvgIpc) is 2.66. The average molecular weight is 334 g/mol. The number of para-hydroxylation sites is 2. The van der Waals surface area contributed by atoms with Crippen molar-refractivity contribution in [3.63, 3.8) is 0 Å². The van der Waals surface area contributed by atoms with Gasteiger partial charge >= 0.3 is 0 Å². The van der Waals surface area contributed by atoms with E-state index in [0.717, 1.165) is 53.0 Å². The molecule has 0 atom stereocenters. The third kappa shape index (κ3) is 3.82. The fourth-order valence-corrected chi connectivity index (χ4v) is 3.12. The van der Waals surface area contributed by atoms with Gasteiger partial charge in [-0.3, -0.25) is 4.79 Å². The zero-order valence-corrected chi connectivity index (χ0v) is 14.6. The number of methoxy groups -OCH3 is 2. The van der Waals surface area contributed by atoms with Gasteiger partial charge < -0.3 is 9.47 Å². The molecule has 0 saturated heterocycles. The fraction of sp³-hybridized carbons (Fsp3) is 0.227. The topological polar surface area (TPSA) is 35.5 Å². The van der Waals surface area contributed by atoms with Crippen LogP contribution in [-0.2, 0) is 4.79 Å². The van der Waals surface area contributed by atoms with Crippen LogP contribution >= 0.6 is 0 Å². The first kappa shape index (κ1) is 17.0. The second kappa shape index (κ2) is 7.84. The number of carbonyl (C=O) groups is 1. The summed E-state index contributed by atoms with van der Waals surface area (Å²) in [6, 6.07) is 15.5. The van der Waals surface area contributed by atoms with Gasteiger partial charge in [-0.2, -0.15) is 0 Å². The molecular formula is C22H22O3. The van der Waals surface area contributed by atoms with E-state index in [2.05, 4.69) is 0 Å². The molecule has 1 saturated carbocycles. The number of carbonyl (C=O) groups excluding carboxylic acids is 1. The van der Waals surface area contributed by atoms with Crippen molar-refractivity contribution in [1.82, 2.24) is 0 Å². The number of Topliss-reactive ketones (excluding diaryl/α,β-unsaturated/α-hetero) is 1. The van der Waals surface area contributed by atoms with Crippen molar-refractivity contribution in [2.75, 3.05) is 14.2 Å². The molecule has 128 valence electrons. The van der Waals surface area contributed by atoms with Gasteiger partial charge in [-0.1, -0.05) is 36.4 Å². The van der Waals surface area contributed by atoms with Crippen molar-refractivity contribution >= 4 is 17.9 Å². The number of benzene rings is 2. The maximum absolute atomic E-state index is 12.9. The molecule has 1 fully saturated rings. The van der Waals surface area contributed by atoms with Gasteiger partial charge in [-0.15, -0.1) is 0 Å². The summed E-state index contributed by atoms with van der Waals surface area (Å²) in [4.78, 5) is 12.9. The zero-order valence-electron chi connectivity index (χ0n) is 14.6. The summed E-state index contributed by atoms with van der Waals surface area (Å²) >= 11 is 0. The van der Waals surface area contributed by atoms with E-state index >= 15 is 0 Å². The minimum Gasteiger partial charge on any atom is -0.496 e. The molecule has 3 nitrogen and oxygen atoms in total. The Kier molecular flexibility index (Phi) is 5.34. The summed E-state index contributed by atoms with van der Waals surface area (Å²) in [5, 5.41) is 0. The Bertz CT molecular complexity index is 763. The van der Waals surface area contributed by atoms with Crippen LogP contribution < -0.4 is 9.47 Å². The normalized spacial score (nSPS) is 17.8. The highest BCUT2D eigenvalue weighted by atomic mass is 16.5. The molecule has 0 bridgehead atoms. The molecule has 1 aliphatic carbocycles. The van der Waals surface area contributed by atoms with Gasteiger partial charge in [0.05, 0.1) is 14.2 Å². The molecule has 0 N–H and O–H groups in total. The quantitative estimate of drug-likeness (QED) is 0.744. The van der Waals surface area contributed by atoms with Gasteiger partial charge in [-0.25, -0.2) is 0 Å². The standard InChI is InChI=1S/C22H22O3/c1-24-20-12-5-3-8-16(20)14-18-10-7-11-19(22(18)23)15-17-9-4-6-13-21(17)25-2/h3-6,8-9,12-15H,7,10-11H2,1-2H3/b18-14-,19-15+. The van der Waals surface area contributed by atoms with E-state index in [1.54, 1.807) is 14.2 Å². The SMILES string of the molecule is COc1ccccc1/C=C1/CCC/C(=C\c2ccccc2OC)C1=O. The van der Waals surface area contributed by atoms with Crippen molar-refractivity contribution in [3.05, 3.63) is 70.8 Å². The lowest BCUT2D eigenvalue weighted by atomic mass is 9.86. The summed E-state index contributed by atoms with van der Waals surface area (Å²) < 4.78 is 10.8. The van der Waals surface area contributed by atoms with E-state index in [-0.39, 0.29) is 5.78 Å². The lowest BCUT2D eigenvalue weighted by Gasteiger charge is -2.17. The maximum atomic E-state index is 12.9. The number of hydrogen-bond acceptors (Lipinski definition) is 3. The highest BCUT2D eigenvalue weighted by Gasteiger charge is 2.21. The molecule has 0 radical (unpaired) electrons. The molecule has 25 heavy (non-hydrogen) atoms. The molecular weight excluding hydrogens is 312 g/mol. The lowest BCUT2D eigenvalue weighted by Crippen LogP contribution is -2.12. The summed E-state index contributed by atoms with van der Waals surface area (Å²) in [6.45, 7) is 0. The van der Waals surface area contributed by atoms with Gasteiger partial charge in [0.25, 0.3) is 0 Å². The van der Waals surface area contributed by atoms with Crippen LogP contribution in [0.3, 0.4) is 0 Å². The van der Waals surface area contributed by atoms with Crippen LogP contribution in [0, 0.1) is 0 Å². The van der Waals surface area contributed by atoms with Crippen molar-refractivity contribution in [3.8, 4) is 11.5 Å². The zero-order chi connectivity index (χ0) is 17.6. The minimum atomic E-state index is 0.114. The van der Waals surface area contributed by atoms with Gasteiger partial charge in [0.1, 0.15) is 11.5 Å². The molecule has 2 aromatic carbocycles. The number of hydrogen-bond donors (Lipinski definition) is 0. The molecule has 0 spiro atoms. The van der Waals surface area contributed by atoms with Gasteiger partial charge in [0, 0.05) is 22.3 Å². The van der Waals surface area contributed by atoms with Gasteiger partial charge in [0.15, 0.2) is 5.78 Å². The Morgan fingerprint density at radius 1 is 0.760 bits per heavy atom. The third-order valence-electron chi connectivity index (χ3n) is 4.41. The monoisotopic (exact) mass is 334 g/mol. The number of ether oxygens (including phenoxy) is 2. The van der Waals surface area contributed by atoms with E-state index in [1.807, 2.05) is 60.7 Å². The van der Waals surface area contributed by atoms with Crippen LogP contribution in [0.25, 0.3) is 12.2 Å². The molecule has 0 unspecified atom stereocenters. The minimum absolute atomic E-state index is 0.114.